The molecule has 0 atom stereocenters. The highest BCUT2D eigenvalue weighted by Gasteiger charge is 2.14. The summed E-state index contributed by atoms with van der Waals surface area (Å²) in [5.41, 5.74) is 2.68. The van der Waals surface area contributed by atoms with Gasteiger partial charge in [-0.3, -0.25) is 4.98 Å². The number of aryl methyl sites for hydroxylation is 1. The van der Waals surface area contributed by atoms with Crippen molar-refractivity contribution < 1.29 is 8.42 Å². The minimum absolute atomic E-state index is 0.164. The Morgan fingerprint density at radius 3 is 2.48 bits per heavy atom. The lowest BCUT2D eigenvalue weighted by atomic mass is 10.2. The summed E-state index contributed by atoms with van der Waals surface area (Å²) in [6, 6.07) is 10.5. The third-order valence-corrected chi connectivity index (χ3v) is 5.61. The fourth-order valence-electron chi connectivity index (χ4n) is 1.98. The van der Waals surface area contributed by atoms with Crippen LogP contribution in [0.4, 0.5) is 0 Å². The lowest BCUT2D eigenvalue weighted by Crippen LogP contribution is -2.23. The van der Waals surface area contributed by atoms with E-state index in [4.69, 9.17) is 0 Å². The van der Waals surface area contributed by atoms with Crippen molar-refractivity contribution in [2.75, 3.05) is 0 Å². The summed E-state index contributed by atoms with van der Waals surface area (Å²) in [6.07, 6.45) is 3.41. The fourth-order valence-corrected chi connectivity index (χ4v) is 3.81. The van der Waals surface area contributed by atoms with Gasteiger partial charge in [0.1, 0.15) is 5.01 Å². The lowest BCUT2D eigenvalue weighted by Gasteiger charge is -2.05. The highest BCUT2D eigenvalue weighted by Crippen LogP contribution is 2.23. The largest absolute Gasteiger partial charge is 0.265 e. The minimum atomic E-state index is -3.53. The number of sulfonamides is 1. The van der Waals surface area contributed by atoms with Gasteiger partial charge in [0.2, 0.25) is 10.0 Å². The summed E-state index contributed by atoms with van der Waals surface area (Å²) < 4.78 is 27.1. The molecule has 3 rings (SSSR count). The SMILES string of the molecule is Cc1ccc(S(=O)(=O)NCc2csc(-c3ccncc3)n2)cc1. The van der Waals surface area contributed by atoms with Crippen molar-refractivity contribution in [1.82, 2.24) is 14.7 Å². The Morgan fingerprint density at radius 1 is 1.09 bits per heavy atom. The first-order chi connectivity index (χ1) is 11.0. The molecule has 5 nitrogen and oxygen atoms in total. The summed E-state index contributed by atoms with van der Waals surface area (Å²) in [6.45, 7) is 2.08. The van der Waals surface area contributed by atoms with E-state index in [1.165, 1.54) is 11.3 Å². The van der Waals surface area contributed by atoms with Gasteiger partial charge in [0, 0.05) is 23.3 Å². The summed E-state index contributed by atoms with van der Waals surface area (Å²) in [7, 11) is -3.53. The summed E-state index contributed by atoms with van der Waals surface area (Å²) in [5.74, 6) is 0. The number of thiazole rings is 1. The van der Waals surface area contributed by atoms with Crippen molar-refractivity contribution in [2.45, 2.75) is 18.4 Å². The summed E-state index contributed by atoms with van der Waals surface area (Å²) >= 11 is 1.48. The molecule has 0 spiro atoms. The van der Waals surface area contributed by atoms with Crippen molar-refractivity contribution in [3.05, 3.63) is 65.4 Å². The molecule has 1 N–H and O–H groups in total. The zero-order valence-electron chi connectivity index (χ0n) is 12.4. The molecule has 3 aromatic rings. The predicted octanol–water partition coefficient (Wildman–Crippen LogP) is 2.99. The van der Waals surface area contributed by atoms with Crippen LogP contribution in [0.3, 0.4) is 0 Å². The molecular formula is C16H15N3O2S2. The molecule has 0 aliphatic rings. The predicted molar refractivity (Wildman–Crippen MR) is 90.5 cm³/mol. The van der Waals surface area contributed by atoms with Crippen LogP contribution in [-0.2, 0) is 16.6 Å². The van der Waals surface area contributed by atoms with Gasteiger partial charge in [-0.25, -0.2) is 18.1 Å². The number of rotatable bonds is 5. The van der Waals surface area contributed by atoms with Gasteiger partial charge in [-0.05, 0) is 31.2 Å². The number of hydrogen-bond acceptors (Lipinski definition) is 5. The molecule has 23 heavy (non-hydrogen) atoms. The van der Waals surface area contributed by atoms with E-state index in [0.29, 0.717) is 5.69 Å². The number of nitrogens with one attached hydrogen (secondary N) is 1. The van der Waals surface area contributed by atoms with Crippen LogP contribution in [0.15, 0.2) is 59.1 Å². The molecule has 0 radical (unpaired) electrons. The maximum absolute atomic E-state index is 12.2. The number of nitrogens with zero attached hydrogens (tertiary/aromatic N) is 2. The summed E-state index contributed by atoms with van der Waals surface area (Å²) in [4.78, 5) is 8.68. The van der Waals surface area contributed by atoms with Gasteiger partial charge in [-0.2, -0.15) is 0 Å². The Kier molecular flexibility index (Phi) is 4.51. The van der Waals surface area contributed by atoms with E-state index < -0.39 is 10.0 Å². The maximum Gasteiger partial charge on any atom is 0.240 e. The molecule has 0 bridgehead atoms. The highest BCUT2D eigenvalue weighted by atomic mass is 32.2. The van der Waals surface area contributed by atoms with Crippen LogP contribution in [0.2, 0.25) is 0 Å². The molecule has 2 heterocycles. The van der Waals surface area contributed by atoms with Crippen molar-refractivity contribution in [1.29, 1.82) is 0 Å². The quantitative estimate of drug-likeness (QED) is 0.771. The second kappa shape index (κ2) is 6.57. The average Bonchev–Trinajstić information content (AvgIpc) is 3.03. The Morgan fingerprint density at radius 2 is 1.78 bits per heavy atom. The molecule has 7 heteroatoms. The van der Waals surface area contributed by atoms with Crippen molar-refractivity contribution in [3.8, 4) is 10.6 Å². The first-order valence-corrected chi connectivity index (χ1v) is 9.32. The zero-order valence-corrected chi connectivity index (χ0v) is 14.1. The van der Waals surface area contributed by atoms with E-state index in [2.05, 4.69) is 14.7 Å². The molecule has 0 aliphatic carbocycles. The van der Waals surface area contributed by atoms with Gasteiger partial charge >= 0.3 is 0 Å². The Labute approximate surface area is 139 Å². The molecule has 1 aromatic carbocycles. The second-order valence-electron chi connectivity index (χ2n) is 5.02. The van der Waals surface area contributed by atoms with Gasteiger partial charge in [0.25, 0.3) is 0 Å². The molecular weight excluding hydrogens is 330 g/mol. The van der Waals surface area contributed by atoms with E-state index in [0.717, 1.165) is 16.1 Å². The smallest absolute Gasteiger partial charge is 0.240 e. The summed E-state index contributed by atoms with van der Waals surface area (Å²) in [5, 5.41) is 2.70. The van der Waals surface area contributed by atoms with Crippen LogP contribution in [0, 0.1) is 6.92 Å². The highest BCUT2D eigenvalue weighted by molar-refractivity contribution is 7.89. The van der Waals surface area contributed by atoms with Gasteiger partial charge < -0.3 is 0 Å². The molecule has 0 fully saturated rings. The molecule has 0 amide bonds. The third-order valence-electron chi connectivity index (χ3n) is 3.25. The maximum atomic E-state index is 12.2. The van der Waals surface area contributed by atoms with Gasteiger partial charge in [-0.15, -0.1) is 11.3 Å². The van der Waals surface area contributed by atoms with Crippen molar-refractivity contribution in [3.63, 3.8) is 0 Å². The molecule has 0 aliphatic heterocycles. The van der Waals surface area contributed by atoms with Crippen LogP contribution < -0.4 is 4.72 Å². The van der Waals surface area contributed by atoms with Gasteiger partial charge in [0.05, 0.1) is 17.1 Å². The molecule has 0 saturated heterocycles. The number of hydrogen-bond donors (Lipinski definition) is 1. The molecule has 118 valence electrons. The van der Waals surface area contributed by atoms with Crippen LogP contribution >= 0.6 is 11.3 Å². The second-order valence-corrected chi connectivity index (χ2v) is 7.64. The molecule has 0 saturated carbocycles. The molecule has 2 aromatic heterocycles. The van der Waals surface area contributed by atoms with Crippen LogP contribution in [0.5, 0.6) is 0 Å². The first-order valence-electron chi connectivity index (χ1n) is 6.96. The standard InChI is InChI=1S/C16H15N3O2S2/c1-12-2-4-15(5-3-12)23(20,21)18-10-14-11-22-16(19-14)13-6-8-17-9-7-13/h2-9,11,18H,10H2,1H3. The van der Waals surface area contributed by atoms with Gasteiger partial charge in [-0.1, -0.05) is 17.7 Å². The minimum Gasteiger partial charge on any atom is -0.265 e. The van der Waals surface area contributed by atoms with Crippen LogP contribution in [0.25, 0.3) is 10.6 Å². The zero-order chi connectivity index (χ0) is 16.3. The Balaban J connectivity index is 1.71. The van der Waals surface area contributed by atoms with E-state index in [9.17, 15) is 8.42 Å². The van der Waals surface area contributed by atoms with Crippen molar-refractivity contribution in [2.24, 2.45) is 0 Å². The van der Waals surface area contributed by atoms with Gasteiger partial charge in [0.15, 0.2) is 0 Å². The first kappa shape index (κ1) is 15.8. The number of aromatic nitrogens is 2. The van der Waals surface area contributed by atoms with Crippen LogP contribution in [0.1, 0.15) is 11.3 Å². The van der Waals surface area contributed by atoms with E-state index in [-0.39, 0.29) is 11.4 Å². The van der Waals surface area contributed by atoms with Crippen molar-refractivity contribution >= 4 is 21.4 Å². The normalized spacial score (nSPS) is 11.5. The fraction of sp³-hybridized carbons (Fsp3) is 0.125. The topological polar surface area (TPSA) is 72.0 Å². The number of benzene rings is 1. The number of pyridine rings is 1. The van der Waals surface area contributed by atoms with E-state index >= 15 is 0 Å². The average molecular weight is 345 g/mol. The Bertz CT molecular complexity index is 889. The van der Waals surface area contributed by atoms with E-state index in [1.54, 1.807) is 36.7 Å². The molecule has 0 unspecified atom stereocenters. The lowest BCUT2D eigenvalue weighted by molar-refractivity contribution is 0.580. The Hall–Kier alpha value is -2.09. The van der Waals surface area contributed by atoms with E-state index in [1.807, 2.05) is 24.4 Å². The third kappa shape index (κ3) is 3.82. The monoisotopic (exact) mass is 345 g/mol. The van der Waals surface area contributed by atoms with Crippen LogP contribution in [-0.4, -0.2) is 18.4 Å².